The van der Waals surface area contributed by atoms with Gasteiger partial charge in [-0.15, -0.1) is 0 Å². The Morgan fingerprint density at radius 1 is 1.17 bits per heavy atom. The van der Waals surface area contributed by atoms with E-state index in [2.05, 4.69) is 11.6 Å². The van der Waals surface area contributed by atoms with Crippen LogP contribution in [0.2, 0.25) is 0 Å². The quantitative estimate of drug-likeness (QED) is 0.350. The Morgan fingerprint density at radius 3 is 2.79 bits per heavy atom. The van der Waals surface area contributed by atoms with Crippen LogP contribution in [0.1, 0.15) is 31.7 Å². The largest absolute Gasteiger partial charge is 0.490 e. The van der Waals surface area contributed by atoms with Crippen molar-refractivity contribution >= 4 is 16.8 Å². The molecule has 3 aromatic rings. The molecule has 0 spiro atoms. The minimum absolute atomic E-state index is 0.274. The highest BCUT2D eigenvalue weighted by atomic mass is 19.1. The van der Waals surface area contributed by atoms with Crippen LogP contribution in [0.5, 0.6) is 5.75 Å². The van der Waals surface area contributed by atoms with Gasteiger partial charge in [0.25, 0.3) is 0 Å². The first-order valence-corrected chi connectivity index (χ1v) is 9.85. The Labute approximate surface area is 171 Å². The van der Waals surface area contributed by atoms with Crippen LogP contribution in [0, 0.1) is 5.82 Å². The van der Waals surface area contributed by atoms with Crippen molar-refractivity contribution in [3.63, 3.8) is 0 Å². The zero-order valence-electron chi connectivity index (χ0n) is 16.6. The summed E-state index contributed by atoms with van der Waals surface area (Å²) in [5, 5.41) is 11.2. The number of ether oxygens (including phenoxy) is 1. The molecule has 0 saturated heterocycles. The number of aliphatic hydroxyl groups is 1. The molecule has 0 radical (unpaired) electrons. The molecule has 0 aliphatic heterocycles. The third kappa shape index (κ3) is 5.75. The molecule has 0 amide bonds. The maximum atomic E-state index is 14.5. The third-order valence-corrected chi connectivity index (χ3v) is 4.65. The number of allylic oxidation sites excluding steroid dienone is 1. The van der Waals surface area contributed by atoms with Crippen LogP contribution in [-0.2, 0) is 0 Å². The SMILES string of the molecule is C=CCOc1ccc2cc(-c3ccc(/C=C/CCCC(C)O)c(F)c3)ncc2c1. The Balaban J connectivity index is 1.74. The fraction of sp³-hybridized carbons (Fsp3) is 0.240. The average molecular weight is 391 g/mol. The van der Waals surface area contributed by atoms with Crippen molar-refractivity contribution in [2.24, 2.45) is 0 Å². The van der Waals surface area contributed by atoms with E-state index in [9.17, 15) is 9.50 Å². The number of aliphatic hydroxyl groups excluding tert-OH is 1. The molecule has 3 nitrogen and oxygen atoms in total. The first kappa shape index (κ1) is 20.7. The van der Waals surface area contributed by atoms with E-state index in [4.69, 9.17) is 4.74 Å². The highest BCUT2D eigenvalue weighted by Gasteiger charge is 2.06. The summed E-state index contributed by atoms with van der Waals surface area (Å²) in [6.07, 6.45) is 9.38. The predicted molar refractivity (Wildman–Crippen MR) is 117 cm³/mol. The molecule has 3 rings (SSSR count). The van der Waals surface area contributed by atoms with E-state index in [0.29, 0.717) is 12.2 Å². The Kier molecular flexibility index (Phi) is 7.14. The summed E-state index contributed by atoms with van der Waals surface area (Å²) in [7, 11) is 0. The van der Waals surface area contributed by atoms with Crippen LogP contribution in [0.15, 0.2) is 67.4 Å². The number of halogens is 1. The number of benzene rings is 2. The van der Waals surface area contributed by atoms with Gasteiger partial charge in [-0.1, -0.05) is 43.0 Å². The summed E-state index contributed by atoms with van der Waals surface area (Å²) in [5.41, 5.74) is 2.02. The van der Waals surface area contributed by atoms with Crippen molar-refractivity contribution in [3.8, 4) is 17.0 Å². The second-order valence-corrected chi connectivity index (χ2v) is 7.10. The minimum atomic E-state index is -0.292. The molecule has 0 bridgehead atoms. The van der Waals surface area contributed by atoms with Crippen molar-refractivity contribution in [1.82, 2.24) is 4.98 Å². The van der Waals surface area contributed by atoms with Gasteiger partial charge in [0, 0.05) is 22.7 Å². The van der Waals surface area contributed by atoms with E-state index in [1.165, 1.54) is 6.07 Å². The predicted octanol–water partition coefficient (Wildman–Crippen LogP) is 6.17. The Bertz CT molecular complexity index is 1010. The number of aromatic nitrogens is 1. The van der Waals surface area contributed by atoms with Crippen LogP contribution in [0.25, 0.3) is 28.1 Å². The average Bonchev–Trinajstić information content (AvgIpc) is 2.72. The molecule has 2 aromatic carbocycles. The minimum Gasteiger partial charge on any atom is -0.490 e. The van der Waals surface area contributed by atoms with E-state index in [-0.39, 0.29) is 11.9 Å². The van der Waals surface area contributed by atoms with Gasteiger partial charge in [0.05, 0.1) is 11.8 Å². The normalized spacial score (nSPS) is 12.4. The molecule has 4 heteroatoms. The first-order valence-electron chi connectivity index (χ1n) is 9.85. The van der Waals surface area contributed by atoms with Gasteiger partial charge >= 0.3 is 0 Å². The van der Waals surface area contributed by atoms with Crippen molar-refractivity contribution in [2.45, 2.75) is 32.3 Å². The van der Waals surface area contributed by atoms with Crippen LogP contribution in [0.3, 0.4) is 0 Å². The van der Waals surface area contributed by atoms with Crippen molar-refractivity contribution in [1.29, 1.82) is 0 Å². The molecular formula is C25H26FNO2. The zero-order chi connectivity index (χ0) is 20.6. The van der Waals surface area contributed by atoms with Gasteiger partial charge in [-0.2, -0.15) is 0 Å². The molecule has 0 saturated carbocycles. The van der Waals surface area contributed by atoms with Gasteiger partial charge in [0.1, 0.15) is 18.2 Å². The fourth-order valence-corrected chi connectivity index (χ4v) is 3.09. The fourth-order valence-electron chi connectivity index (χ4n) is 3.09. The van der Waals surface area contributed by atoms with Gasteiger partial charge in [-0.25, -0.2) is 4.39 Å². The summed E-state index contributed by atoms with van der Waals surface area (Å²) in [5.74, 6) is 0.493. The van der Waals surface area contributed by atoms with E-state index in [1.54, 1.807) is 31.3 Å². The molecule has 0 aliphatic rings. The number of hydrogen-bond acceptors (Lipinski definition) is 3. The molecule has 150 valence electrons. The van der Waals surface area contributed by atoms with Crippen molar-refractivity contribution in [2.75, 3.05) is 6.61 Å². The monoisotopic (exact) mass is 391 g/mol. The molecule has 29 heavy (non-hydrogen) atoms. The molecule has 1 heterocycles. The lowest BCUT2D eigenvalue weighted by Gasteiger charge is -2.07. The third-order valence-electron chi connectivity index (χ3n) is 4.65. The number of unbranched alkanes of at least 4 members (excludes halogenated alkanes) is 1. The zero-order valence-corrected chi connectivity index (χ0v) is 16.6. The second-order valence-electron chi connectivity index (χ2n) is 7.10. The summed E-state index contributed by atoms with van der Waals surface area (Å²) in [4.78, 5) is 4.49. The smallest absolute Gasteiger partial charge is 0.131 e. The van der Waals surface area contributed by atoms with Crippen molar-refractivity contribution < 1.29 is 14.2 Å². The van der Waals surface area contributed by atoms with Gasteiger partial charge in [0.2, 0.25) is 0 Å². The number of rotatable bonds is 9. The van der Waals surface area contributed by atoms with Gasteiger partial charge < -0.3 is 9.84 Å². The molecule has 1 N–H and O–H groups in total. The summed E-state index contributed by atoms with van der Waals surface area (Å²) in [6, 6.07) is 12.9. The van der Waals surface area contributed by atoms with E-state index >= 15 is 0 Å². The summed E-state index contributed by atoms with van der Waals surface area (Å²) in [6.45, 7) is 5.88. The lowest BCUT2D eigenvalue weighted by atomic mass is 10.0. The molecule has 1 atom stereocenters. The standard InChI is InChI=1S/C25H26FNO2/c1-3-13-29-23-12-11-20-16-25(27-17-22(20)14-23)21-10-9-19(24(26)15-21)8-6-4-5-7-18(2)28/h3,6,8-12,14-18,28H,1,4-5,7,13H2,2H3/b8-6+. The van der Waals surface area contributed by atoms with E-state index in [0.717, 1.165) is 47.0 Å². The van der Waals surface area contributed by atoms with Crippen LogP contribution >= 0.6 is 0 Å². The van der Waals surface area contributed by atoms with Crippen molar-refractivity contribution in [3.05, 3.63) is 78.8 Å². The first-order chi connectivity index (χ1) is 14.1. The highest BCUT2D eigenvalue weighted by molar-refractivity contribution is 5.86. The van der Waals surface area contributed by atoms with Gasteiger partial charge in [-0.05, 0) is 55.8 Å². The van der Waals surface area contributed by atoms with Crippen LogP contribution in [0.4, 0.5) is 4.39 Å². The molecule has 1 aromatic heterocycles. The lowest BCUT2D eigenvalue weighted by Crippen LogP contribution is -1.97. The number of nitrogens with zero attached hydrogens (tertiary/aromatic N) is 1. The molecule has 0 aliphatic carbocycles. The van der Waals surface area contributed by atoms with Crippen LogP contribution < -0.4 is 4.74 Å². The second kappa shape index (κ2) is 9.99. The van der Waals surface area contributed by atoms with Gasteiger partial charge in [0.15, 0.2) is 0 Å². The highest BCUT2D eigenvalue weighted by Crippen LogP contribution is 2.26. The summed E-state index contributed by atoms with van der Waals surface area (Å²) < 4.78 is 20.1. The maximum absolute atomic E-state index is 14.5. The topological polar surface area (TPSA) is 42.4 Å². The molecular weight excluding hydrogens is 365 g/mol. The lowest BCUT2D eigenvalue weighted by molar-refractivity contribution is 0.182. The van der Waals surface area contributed by atoms with E-state index < -0.39 is 0 Å². The maximum Gasteiger partial charge on any atom is 0.131 e. The number of hydrogen-bond donors (Lipinski definition) is 1. The Morgan fingerprint density at radius 2 is 2.03 bits per heavy atom. The molecule has 0 fully saturated rings. The number of pyridine rings is 1. The van der Waals surface area contributed by atoms with Crippen LogP contribution in [-0.4, -0.2) is 22.8 Å². The number of fused-ring (bicyclic) bond motifs is 1. The van der Waals surface area contributed by atoms with Gasteiger partial charge in [-0.3, -0.25) is 4.98 Å². The Hall–Kier alpha value is -2.98. The summed E-state index contributed by atoms with van der Waals surface area (Å²) >= 11 is 0. The molecule has 1 unspecified atom stereocenters. The van der Waals surface area contributed by atoms with E-state index in [1.807, 2.05) is 36.4 Å².